The molecule has 0 aliphatic carbocycles. The number of rotatable bonds is 5. The number of carboxylic acid groups (broad SMARTS) is 1. The van der Waals surface area contributed by atoms with Gasteiger partial charge in [-0.1, -0.05) is 18.2 Å². The van der Waals surface area contributed by atoms with E-state index < -0.39 is 42.7 Å². The number of carbonyl (C=O) groups is 2. The molecule has 1 aromatic rings. The van der Waals surface area contributed by atoms with Gasteiger partial charge in [0.15, 0.2) is 0 Å². The average Bonchev–Trinajstić information content (AvgIpc) is 2.97. The van der Waals surface area contributed by atoms with Gasteiger partial charge in [0.25, 0.3) is 0 Å². The number of methoxy groups -OCH3 is 1. The maximum absolute atomic E-state index is 12.3. The Morgan fingerprint density at radius 3 is 2.54 bits per heavy atom. The molecule has 1 aromatic carbocycles. The van der Waals surface area contributed by atoms with Crippen LogP contribution >= 0.6 is 0 Å². The topological polar surface area (TPSA) is 66.8 Å². The third-order valence-electron chi connectivity index (χ3n) is 4.15. The molecule has 1 fully saturated rings. The Labute approximate surface area is 137 Å². The van der Waals surface area contributed by atoms with Gasteiger partial charge >= 0.3 is 12.1 Å². The quantitative estimate of drug-likeness (QED) is 0.891. The van der Waals surface area contributed by atoms with Gasteiger partial charge in [-0.25, -0.2) is 0 Å². The van der Waals surface area contributed by atoms with Crippen molar-refractivity contribution < 1.29 is 32.6 Å². The number of hydrogen-bond donors (Lipinski definition) is 1. The number of alkyl halides is 3. The third kappa shape index (κ3) is 4.18. The molecule has 1 saturated heterocycles. The Bertz CT molecular complexity index is 618. The van der Waals surface area contributed by atoms with E-state index in [9.17, 15) is 27.9 Å². The second kappa shape index (κ2) is 7.11. The van der Waals surface area contributed by atoms with E-state index in [1.54, 1.807) is 24.3 Å². The molecule has 0 unspecified atom stereocenters. The smallest absolute Gasteiger partial charge is 0.389 e. The number of ether oxygens (including phenoxy) is 1. The van der Waals surface area contributed by atoms with E-state index in [2.05, 4.69) is 0 Å². The number of likely N-dealkylation sites (tertiary alicyclic amines) is 1. The summed E-state index contributed by atoms with van der Waals surface area (Å²) in [5.74, 6) is -2.67. The normalized spacial score (nSPS) is 20.9. The van der Waals surface area contributed by atoms with Crippen LogP contribution in [-0.2, 0) is 9.59 Å². The lowest BCUT2D eigenvalue weighted by Gasteiger charge is -2.18. The third-order valence-corrected chi connectivity index (χ3v) is 4.15. The summed E-state index contributed by atoms with van der Waals surface area (Å²) in [6, 6.07) is 6.86. The standard InChI is InChI=1S/C16H18F3NO4/c1-24-13-5-3-2-4-10(13)11-8-20(9-12(11)15(22)23)14(21)6-7-16(17,18)19/h2-5,11-12H,6-9H2,1H3,(H,22,23)/t11-,12+/m0/s1. The van der Waals surface area contributed by atoms with Crippen LogP contribution < -0.4 is 4.74 Å². The van der Waals surface area contributed by atoms with Crippen molar-refractivity contribution in [1.29, 1.82) is 0 Å². The summed E-state index contributed by atoms with van der Waals surface area (Å²) in [6.45, 7) is -0.0389. The first-order valence-corrected chi connectivity index (χ1v) is 7.43. The number of nitrogens with zero attached hydrogens (tertiary/aromatic N) is 1. The molecule has 0 spiro atoms. The van der Waals surface area contributed by atoms with Crippen LogP contribution in [0.4, 0.5) is 13.2 Å². The molecule has 132 valence electrons. The second-order valence-electron chi connectivity index (χ2n) is 5.71. The van der Waals surface area contributed by atoms with Crippen molar-refractivity contribution in [3.8, 4) is 5.75 Å². The largest absolute Gasteiger partial charge is 0.496 e. The van der Waals surface area contributed by atoms with E-state index in [1.165, 1.54) is 12.0 Å². The molecule has 1 amide bonds. The van der Waals surface area contributed by atoms with E-state index >= 15 is 0 Å². The Balaban J connectivity index is 2.17. The van der Waals surface area contributed by atoms with Crippen LogP contribution in [0.2, 0.25) is 0 Å². The minimum absolute atomic E-state index is 0.0635. The number of hydrogen-bond acceptors (Lipinski definition) is 3. The molecular weight excluding hydrogens is 327 g/mol. The number of para-hydroxylation sites is 1. The van der Waals surface area contributed by atoms with Gasteiger partial charge in [0.1, 0.15) is 5.75 Å². The fraction of sp³-hybridized carbons (Fsp3) is 0.500. The number of amides is 1. The Hall–Kier alpha value is -2.25. The monoisotopic (exact) mass is 345 g/mol. The lowest BCUT2D eigenvalue weighted by atomic mass is 9.88. The van der Waals surface area contributed by atoms with Crippen LogP contribution in [0.1, 0.15) is 24.3 Å². The highest BCUT2D eigenvalue weighted by atomic mass is 19.4. The molecule has 0 aromatic heterocycles. The first-order valence-electron chi connectivity index (χ1n) is 7.43. The number of carbonyl (C=O) groups excluding carboxylic acids is 1. The number of carboxylic acids is 1. The zero-order valence-corrected chi connectivity index (χ0v) is 13.0. The second-order valence-corrected chi connectivity index (χ2v) is 5.71. The molecule has 8 heteroatoms. The molecule has 2 atom stereocenters. The highest BCUT2D eigenvalue weighted by Crippen LogP contribution is 2.38. The molecule has 5 nitrogen and oxygen atoms in total. The lowest BCUT2D eigenvalue weighted by Crippen LogP contribution is -2.30. The SMILES string of the molecule is COc1ccccc1[C@@H]1CN(C(=O)CCC(F)(F)F)C[C@H]1C(=O)O. The average molecular weight is 345 g/mol. The van der Waals surface area contributed by atoms with Crippen molar-refractivity contribution in [3.05, 3.63) is 29.8 Å². The van der Waals surface area contributed by atoms with Gasteiger partial charge < -0.3 is 14.7 Å². The summed E-state index contributed by atoms with van der Waals surface area (Å²) < 4.78 is 42.0. The number of halogens is 3. The van der Waals surface area contributed by atoms with E-state index in [4.69, 9.17) is 4.74 Å². The molecule has 1 aliphatic heterocycles. The molecular formula is C16H18F3NO4. The van der Waals surface area contributed by atoms with Crippen LogP contribution in [0.5, 0.6) is 5.75 Å². The van der Waals surface area contributed by atoms with Crippen LogP contribution in [-0.4, -0.2) is 48.3 Å². The minimum atomic E-state index is -4.41. The molecule has 1 heterocycles. The van der Waals surface area contributed by atoms with Crippen molar-refractivity contribution in [2.75, 3.05) is 20.2 Å². The molecule has 0 radical (unpaired) electrons. The molecule has 2 rings (SSSR count). The van der Waals surface area contributed by atoms with E-state index in [0.717, 1.165) is 0 Å². The molecule has 24 heavy (non-hydrogen) atoms. The summed E-state index contributed by atoms with van der Waals surface area (Å²) in [5.41, 5.74) is 0.638. The predicted molar refractivity (Wildman–Crippen MR) is 78.7 cm³/mol. The van der Waals surface area contributed by atoms with Crippen LogP contribution in [0.15, 0.2) is 24.3 Å². The van der Waals surface area contributed by atoms with Gasteiger partial charge in [-0.15, -0.1) is 0 Å². The van der Waals surface area contributed by atoms with Gasteiger partial charge in [0.2, 0.25) is 5.91 Å². The van der Waals surface area contributed by atoms with Gasteiger partial charge in [-0.05, 0) is 11.6 Å². The van der Waals surface area contributed by atoms with Gasteiger partial charge in [0.05, 0.1) is 19.4 Å². The first kappa shape index (κ1) is 18.1. The molecule has 1 N–H and O–H groups in total. The summed E-state index contributed by atoms with van der Waals surface area (Å²) in [6.07, 6.45) is -6.29. The molecule has 0 saturated carbocycles. The maximum atomic E-state index is 12.3. The first-order chi connectivity index (χ1) is 11.2. The van der Waals surface area contributed by atoms with Gasteiger partial charge in [0, 0.05) is 25.4 Å². The Morgan fingerprint density at radius 2 is 1.96 bits per heavy atom. The number of benzene rings is 1. The van der Waals surface area contributed by atoms with Crippen molar-refractivity contribution in [2.24, 2.45) is 5.92 Å². The van der Waals surface area contributed by atoms with Crippen LogP contribution in [0.3, 0.4) is 0 Å². The van der Waals surface area contributed by atoms with Crippen LogP contribution in [0, 0.1) is 5.92 Å². The van der Waals surface area contributed by atoms with Gasteiger partial charge in [-0.3, -0.25) is 9.59 Å². The zero-order valence-electron chi connectivity index (χ0n) is 13.0. The highest BCUT2D eigenvalue weighted by molar-refractivity contribution is 5.79. The minimum Gasteiger partial charge on any atom is -0.496 e. The van der Waals surface area contributed by atoms with Crippen molar-refractivity contribution >= 4 is 11.9 Å². The highest BCUT2D eigenvalue weighted by Gasteiger charge is 2.42. The zero-order chi connectivity index (χ0) is 17.9. The van der Waals surface area contributed by atoms with Crippen LogP contribution in [0.25, 0.3) is 0 Å². The van der Waals surface area contributed by atoms with E-state index in [1.807, 2.05) is 0 Å². The van der Waals surface area contributed by atoms with Gasteiger partial charge in [-0.2, -0.15) is 13.2 Å². The predicted octanol–water partition coefficient (Wildman–Crippen LogP) is 2.66. The maximum Gasteiger partial charge on any atom is 0.389 e. The summed E-state index contributed by atoms with van der Waals surface area (Å²) in [7, 11) is 1.45. The summed E-state index contributed by atoms with van der Waals surface area (Å²) in [4.78, 5) is 24.7. The Morgan fingerprint density at radius 1 is 1.29 bits per heavy atom. The van der Waals surface area contributed by atoms with E-state index in [-0.39, 0.29) is 13.1 Å². The fourth-order valence-electron chi connectivity index (χ4n) is 2.95. The molecule has 1 aliphatic rings. The van der Waals surface area contributed by atoms with Crippen molar-refractivity contribution in [1.82, 2.24) is 4.90 Å². The van der Waals surface area contributed by atoms with Crippen molar-refractivity contribution in [2.45, 2.75) is 24.9 Å². The van der Waals surface area contributed by atoms with Crippen molar-refractivity contribution in [3.63, 3.8) is 0 Å². The number of aliphatic carboxylic acids is 1. The molecule has 0 bridgehead atoms. The Kier molecular flexibility index (Phi) is 5.36. The lowest BCUT2D eigenvalue weighted by molar-refractivity contribution is -0.149. The summed E-state index contributed by atoms with van der Waals surface area (Å²) in [5, 5.41) is 9.41. The summed E-state index contributed by atoms with van der Waals surface area (Å²) >= 11 is 0. The van der Waals surface area contributed by atoms with E-state index in [0.29, 0.717) is 11.3 Å². The fourth-order valence-corrected chi connectivity index (χ4v) is 2.95.